The highest BCUT2D eigenvalue weighted by Crippen LogP contribution is 2.16. The normalized spacial score (nSPS) is 10.9. The lowest BCUT2D eigenvalue weighted by Crippen LogP contribution is -2.36. The van der Waals surface area contributed by atoms with Crippen LogP contribution < -0.4 is 10.1 Å². The van der Waals surface area contributed by atoms with Gasteiger partial charge in [0, 0.05) is 17.1 Å². The summed E-state index contributed by atoms with van der Waals surface area (Å²) in [4.78, 5) is 13.9. The molecular weight excluding hydrogens is 330 g/mol. The van der Waals surface area contributed by atoms with Gasteiger partial charge in [-0.3, -0.25) is 9.69 Å². The number of likely N-dealkylation sites (N-methyl/N-ethyl adjacent to an activating group) is 1. The van der Waals surface area contributed by atoms with E-state index in [9.17, 15) is 4.79 Å². The van der Waals surface area contributed by atoms with Gasteiger partial charge in [-0.15, -0.1) is 0 Å². The zero-order chi connectivity index (χ0) is 17.5. The van der Waals surface area contributed by atoms with Crippen LogP contribution in [0.5, 0.6) is 5.75 Å². The molecule has 0 bridgehead atoms. The highest BCUT2D eigenvalue weighted by Gasteiger charge is 2.13. The van der Waals surface area contributed by atoms with Gasteiger partial charge in [0.1, 0.15) is 18.1 Å². The monoisotopic (exact) mass is 351 g/mol. The number of amides is 1. The van der Waals surface area contributed by atoms with E-state index in [2.05, 4.69) is 10.5 Å². The van der Waals surface area contributed by atoms with Crippen molar-refractivity contribution in [3.8, 4) is 5.75 Å². The molecule has 1 N–H and O–H groups in total. The van der Waals surface area contributed by atoms with Crippen molar-refractivity contribution in [2.24, 2.45) is 0 Å². The van der Waals surface area contributed by atoms with Gasteiger partial charge < -0.3 is 14.6 Å². The van der Waals surface area contributed by atoms with Gasteiger partial charge in [-0.1, -0.05) is 22.8 Å². The maximum atomic E-state index is 11.9. The Kier molecular flexibility index (Phi) is 6.63. The van der Waals surface area contributed by atoms with Crippen LogP contribution in [-0.2, 0) is 11.3 Å². The van der Waals surface area contributed by atoms with E-state index in [0.717, 1.165) is 17.0 Å². The molecule has 2 rings (SSSR count). The Morgan fingerprint density at radius 3 is 2.88 bits per heavy atom. The number of benzene rings is 1. The van der Waals surface area contributed by atoms with Crippen LogP contribution in [0, 0.1) is 13.8 Å². The summed E-state index contributed by atoms with van der Waals surface area (Å²) in [5, 5.41) is 7.37. The summed E-state index contributed by atoms with van der Waals surface area (Å²) in [5.74, 6) is 1.42. The number of rotatable bonds is 8. The molecule has 1 amide bonds. The van der Waals surface area contributed by atoms with E-state index in [1.165, 1.54) is 0 Å². The minimum absolute atomic E-state index is 0.0565. The summed E-state index contributed by atoms with van der Waals surface area (Å²) in [6, 6.07) is 7.16. The minimum atomic E-state index is -0.0565. The van der Waals surface area contributed by atoms with Crippen molar-refractivity contribution in [2.75, 3.05) is 26.7 Å². The molecule has 1 aromatic carbocycles. The van der Waals surface area contributed by atoms with Crippen LogP contribution in [0.1, 0.15) is 17.0 Å². The van der Waals surface area contributed by atoms with E-state index in [1.807, 2.05) is 37.9 Å². The third kappa shape index (κ3) is 5.54. The first-order valence-corrected chi connectivity index (χ1v) is 8.09. The summed E-state index contributed by atoms with van der Waals surface area (Å²) in [6.07, 6.45) is 0. The molecule has 6 nitrogen and oxygen atoms in total. The standard InChI is InChI=1S/C17H22ClN3O3/c1-12-16(13(2)24-20-12)10-21(3)11-17(22)19-7-8-23-15-6-4-5-14(18)9-15/h4-6,9H,7-8,10-11H2,1-3H3,(H,19,22). The highest BCUT2D eigenvalue weighted by atomic mass is 35.5. The second-order valence-electron chi connectivity index (χ2n) is 5.63. The van der Waals surface area contributed by atoms with Crippen LogP contribution in [0.25, 0.3) is 0 Å². The number of hydrogen-bond acceptors (Lipinski definition) is 5. The molecule has 0 fully saturated rings. The number of carbonyl (C=O) groups excluding carboxylic acids is 1. The quantitative estimate of drug-likeness (QED) is 0.740. The maximum Gasteiger partial charge on any atom is 0.234 e. The van der Waals surface area contributed by atoms with Gasteiger partial charge in [0.15, 0.2) is 0 Å². The molecule has 130 valence electrons. The first-order chi connectivity index (χ1) is 11.5. The average Bonchev–Trinajstić information content (AvgIpc) is 2.83. The Bertz CT molecular complexity index is 668. The fourth-order valence-electron chi connectivity index (χ4n) is 2.27. The van der Waals surface area contributed by atoms with Gasteiger partial charge in [0.2, 0.25) is 5.91 Å². The molecule has 1 aromatic heterocycles. The maximum absolute atomic E-state index is 11.9. The van der Waals surface area contributed by atoms with Crippen LogP contribution in [-0.4, -0.2) is 42.7 Å². The molecule has 2 aromatic rings. The second-order valence-corrected chi connectivity index (χ2v) is 6.07. The molecule has 0 aliphatic rings. The number of aromatic nitrogens is 1. The Morgan fingerprint density at radius 1 is 1.42 bits per heavy atom. The van der Waals surface area contributed by atoms with Crippen molar-refractivity contribution in [1.82, 2.24) is 15.4 Å². The van der Waals surface area contributed by atoms with E-state index >= 15 is 0 Å². The van der Waals surface area contributed by atoms with E-state index < -0.39 is 0 Å². The zero-order valence-electron chi connectivity index (χ0n) is 14.1. The van der Waals surface area contributed by atoms with Crippen molar-refractivity contribution in [2.45, 2.75) is 20.4 Å². The smallest absolute Gasteiger partial charge is 0.234 e. The van der Waals surface area contributed by atoms with Crippen molar-refractivity contribution in [1.29, 1.82) is 0 Å². The fourth-order valence-corrected chi connectivity index (χ4v) is 2.45. The van der Waals surface area contributed by atoms with Crippen molar-refractivity contribution in [3.05, 3.63) is 46.3 Å². The molecule has 7 heteroatoms. The summed E-state index contributed by atoms with van der Waals surface area (Å²) in [6.45, 7) is 5.50. The van der Waals surface area contributed by atoms with E-state index in [-0.39, 0.29) is 5.91 Å². The third-order valence-electron chi connectivity index (χ3n) is 3.51. The highest BCUT2D eigenvalue weighted by molar-refractivity contribution is 6.30. The fraction of sp³-hybridized carbons (Fsp3) is 0.412. The number of aryl methyl sites for hydroxylation is 2. The van der Waals surface area contributed by atoms with Crippen LogP contribution in [0.3, 0.4) is 0 Å². The minimum Gasteiger partial charge on any atom is -0.492 e. The molecule has 0 radical (unpaired) electrons. The summed E-state index contributed by atoms with van der Waals surface area (Å²) in [5.41, 5.74) is 1.88. The van der Waals surface area contributed by atoms with Gasteiger partial charge in [0.25, 0.3) is 0 Å². The summed E-state index contributed by atoms with van der Waals surface area (Å²) in [7, 11) is 1.88. The Hall–Kier alpha value is -2.05. The number of halogens is 1. The Morgan fingerprint density at radius 2 is 2.21 bits per heavy atom. The lowest BCUT2D eigenvalue weighted by Gasteiger charge is -2.16. The van der Waals surface area contributed by atoms with Crippen LogP contribution >= 0.6 is 11.6 Å². The number of ether oxygens (including phenoxy) is 1. The molecule has 1 heterocycles. The number of nitrogens with zero attached hydrogens (tertiary/aromatic N) is 2. The van der Waals surface area contributed by atoms with Gasteiger partial charge in [-0.05, 0) is 39.1 Å². The van der Waals surface area contributed by atoms with Gasteiger partial charge in [-0.2, -0.15) is 0 Å². The third-order valence-corrected chi connectivity index (χ3v) is 3.75. The van der Waals surface area contributed by atoms with Crippen molar-refractivity contribution < 1.29 is 14.1 Å². The van der Waals surface area contributed by atoms with E-state index in [0.29, 0.717) is 37.0 Å². The molecule has 0 saturated heterocycles. The molecular formula is C17H22ClN3O3. The largest absolute Gasteiger partial charge is 0.492 e. The van der Waals surface area contributed by atoms with Gasteiger partial charge in [-0.25, -0.2) is 0 Å². The van der Waals surface area contributed by atoms with Crippen molar-refractivity contribution in [3.63, 3.8) is 0 Å². The van der Waals surface area contributed by atoms with Crippen LogP contribution in [0.4, 0.5) is 0 Å². The summed E-state index contributed by atoms with van der Waals surface area (Å²) < 4.78 is 10.7. The first kappa shape index (κ1) is 18.3. The van der Waals surface area contributed by atoms with Gasteiger partial charge >= 0.3 is 0 Å². The molecule has 0 atom stereocenters. The first-order valence-electron chi connectivity index (χ1n) is 7.71. The predicted octanol–water partition coefficient (Wildman–Crippen LogP) is 2.57. The average molecular weight is 352 g/mol. The van der Waals surface area contributed by atoms with Crippen molar-refractivity contribution >= 4 is 17.5 Å². The molecule has 0 spiro atoms. The number of hydrogen-bond donors (Lipinski definition) is 1. The lowest BCUT2D eigenvalue weighted by atomic mass is 10.2. The molecule has 0 saturated carbocycles. The van der Waals surface area contributed by atoms with E-state index in [4.69, 9.17) is 20.9 Å². The van der Waals surface area contributed by atoms with E-state index in [1.54, 1.807) is 12.1 Å². The zero-order valence-corrected chi connectivity index (χ0v) is 14.9. The molecule has 0 aliphatic carbocycles. The van der Waals surface area contributed by atoms with Crippen LogP contribution in [0.2, 0.25) is 5.02 Å². The molecule has 24 heavy (non-hydrogen) atoms. The van der Waals surface area contributed by atoms with Gasteiger partial charge in [0.05, 0.1) is 18.8 Å². The molecule has 0 unspecified atom stereocenters. The number of carbonyl (C=O) groups is 1. The second kappa shape index (κ2) is 8.70. The Balaban J connectivity index is 1.67. The number of nitrogens with one attached hydrogen (secondary N) is 1. The SMILES string of the molecule is Cc1noc(C)c1CN(C)CC(=O)NCCOc1cccc(Cl)c1. The predicted molar refractivity (Wildman–Crippen MR) is 92.3 cm³/mol. The molecule has 0 aliphatic heterocycles. The topological polar surface area (TPSA) is 67.6 Å². The summed E-state index contributed by atoms with van der Waals surface area (Å²) >= 11 is 5.88. The Labute approximate surface area is 146 Å². The van der Waals surface area contributed by atoms with Crippen LogP contribution in [0.15, 0.2) is 28.8 Å². The lowest BCUT2D eigenvalue weighted by molar-refractivity contribution is -0.122.